The second-order valence-corrected chi connectivity index (χ2v) is 5.22. The van der Waals surface area contributed by atoms with E-state index >= 15 is 0 Å². The molecule has 6 heteroatoms. The third-order valence-electron chi connectivity index (χ3n) is 3.05. The summed E-state index contributed by atoms with van der Waals surface area (Å²) in [5, 5.41) is 12.3. The number of hydrogen-bond donors (Lipinski definition) is 3. The van der Waals surface area contributed by atoms with Crippen LogP contribution in [-0.4, -0.2) is 16.9 Å². The van der Waals surface area contributed by atoms with Gasteiger partial charge in [0.05, 0.1) is 11.4 Å². The summed E-state index contributed by atoms with van der Waals surface area (Å²) < 4.78 is 0. The fraction of sp³-hybridized carbons (Fsp3) is 0.125. The van der Waals surface area contributed by atoms with E-state index in [1.165, 1.54) is 6.92 Å². The zero-order chi connectivity index (χ0) is 16.1. The fourth-order valence-corrected chi connectivity index (χ4v) is 2.14. The van der Waals surface area contributed by atoms with Crippen LogP contribution in [0.3, 0.4) is 0 Å². The van der Waals surface area contributed by atoms with Crippen molar-refractivity contribution in [1.29, 1.82) is 0 Å². The number of anilines is 2. The van der Waals surface area contributed by atoms with Crippen LogP contribution in [0.15, 0.2) is 42.5 Å². The molecule has 0 saturated heterocycles. The van der Waals surface area contributed by atoms with E-state index in [1.807, 2.05) is 5.48 Å². The van der Waals surface area contributed by atoms with Crippen molar-refractivity contribution in [1.82, 2.24) is 0 Å². The minimum absolute atomic E-state index is 0.0622. The Morgan fingerprint density at radius 1 is 1.09 bits per heavy atom. The maximum atomic E-state index is 12.2. The first-order valence-electron chi connectivity index (χ1n) is 6.59. The quantitative estimate of drug-likeness (QED) is 0.582. The maximum Gasteiger partial charge on any atom is 0.221 e. The van der Waals surface area contributed by atoms with Crippen LogP contribution >= 0.6 is 11.6 Å². The van der Waals surface area contributed by atoms with E-state index in [0.717, 1.165) is 0 Å². The Kier molecular flexibility index (Phi) is 5.14. The van der Waals surface area contributed by atoms with Gasteiger partial charge in [0.15, 0.2) is 5.78 Å². The molecule has 0 atom stereocenters. The molecule has 0 fully saturated rings. The number of Topliss-reactive ketones (excluding diaryl/α,β-unsaturated/α-hetero) is 1. The van der Waals surface area contributed by atoms with Crippen LogP contribution in [0.1, 0.15) is 22.8 Å². The molecule has 2 aromatic rings. The number of carbonyl (C=O) groups excluding carboxylic acids is 2. The molecule has 0 aliphatic heterocycles. The Balaban J connectivity index is 2.17. The number of amides is 1. The van der Waals surface area contributed by atoms with Gasteiger partial charge in [-0.1, -0.05) is 17.7 Å². The molecule has 0 heterocycles. The molecule has 2 rings (SSSR count). The highest BCUT2D eigenvalue weighted by Gasteiger charge is 2.10. The van der Waals surface area contributed by atoms with Crippen LogP contribution in [0.5, 0.6) is 0 Å². The van der Waals surface area contributed by atoms with Crippen LogP contribution in [0.4, 0.5) is 11.4 Å². The molecule has 0 aliphatic carbocycles. The average Bonchev–Trinajstić information content (AvgIpc) is 2.49. The first kappa shape index (κ1) is 16.0. The topological polar surface area (TPSA) is 78.4 Å². The molecule has 0 bridgehead atoms. The third-order valence-corrected chi connectivity index (χ3v) is 3.30. The second kappa shape index (κ2) is 7.06. The van der Waals surface area contributed by atoms with Crippen LogP contribution < -0.4 is 10.8 Å². The molecule has 0 spiro atoms. The highest BCUT2D eigenvalue weighted by Crippen LogP contribution is 2.23. The molecule has 114 valence electrons. The minimum atomic E-state index is -0.249. The predicted octanol–water partition coefficient (Wildman–Crippen LogP) is 3.52. The SMILES string of the molecule is CC(=O)Nc1ccc(CC(=O)c2ccc(Cl)cc2)cc1NO. The number of ketones is 1. The summed E-state index contributed by atoms with van der Waals surface area (Å²) >= 11 is 5.79. The molecule has 0 aromatic heterocycles. The van der Waals surface area contributed by atoms with Crippen LogP contribution in [-0.2, 0) is 11.2 Å². The lowest BCUT2D eigenvalue weighted by Crippen LogP contribution is -2.09. The highest BCUT2D eigenvalue weighted by atomic mass is 35.5. The molecular weight excluding hydrogens is 304 g/mol. The Hall–Kier alpha value is -2.37. The summed E-state index contributed by atoms with van der Waals surface area (Å²) in [5.74, 6) is -0.311. The summed E-state index contributed by atoms with van der Waals surface area (Å²) in [4.78, 5) is 23.3. The standard InChI is InChI=1S/C16H15ClN2O3/c1-10(20)18-14-7-2-11(8-15(14)19-22)9-16(21)12-3-5-13(17)6-4-12/h2-8,19,22H,9H2,1H3,(H,18,20). The molecule has 5 nitrogen and oxygen atoms in total. The summed E-state index contributed by atoms with van der Waals surface area (Å²) in [7, 11) is 0. The fourth-order valence-electron chi connectivity index (χ4n) is 2.02. The smallest absolute Gasteiger partial charge is 0.221 e. The number of halogens is 1. The molecule has 2 aromatic carbocycles. The van der Waals surface area contributed by atoms with Gasteiger partial charge in [-0.2, -0.15) is 0 Å². The van der Waals surface area contributed by atoms with E-state index in [-0.39, 0.29) is 18.1 Å². The number of rotatable bonds is 5. The van der Waals surface area contributed by atoms with Crippen LogP contribution in [0, 0.1) is 0 Å². The molecule has 3 N–H and O–H groups in total. The van der Waals surface area contributed by atoms with Gasteiger partial charge < -0.3 is 5.32 Å². The van der Waals surface area contributed by atoms with Gasteiger partial charge in [-0.15, -0.1) is 0 Å². The van der Waals surface area contributed by atoms with E-state index in [9.17, 15) is 9.59 Å². The van der Waals surface area contributed by atoms with Crippen molar-refractivity contribution in [3.63, 3.8) is 0 Å². The molecule has 0 unspecified atom stereocenters. The second-order valence-electron chi connectivity index (χ2n) is 4.78. The van der Waals surface area contributed by atoms with Crippen LogP contribution in [0.2, 0.25) is 5.02 Å². The molecule has 0 aliphatic rings. The molecule has 0 radical (unpaired) electrons. The zero-order valence-corrected chi connectivity index (χ0v) is 12.6. The van der Waals surface area contributed by atoms with Gasteiger partial charge in [0.25, 0.3) is 0 Å². The normalized spacial score (nSPS) is 10.1. The molecule has 22 heavy (non-hydrogen) atoms. The number of benzene rings is 2. The van der Waals surface area contributed by atoms with E-state index in [1.54, 1.807) is 42.5 Å². The van der Waals surface area contributed by atoms with E-state index in [2.05, 4.69) is 5.32 Å². The summed E-state index contributed by atoms with van der Waals surface area (Å²) in [6, 6.07) is 11.6. The Labute approximate surface area is 132 Å². The van der Waals surface area contributed by atoms with Gasteiger partial charge in [-0.3, -0.25) is 20.3 Å². The monoisotopic (exact) mass is 318 g/mol. The van der Waals surface area contributed by atoms with Crippen molar-refractivity contribution in [2.45, 2.75) is 13.3 Å². The van der Waals surface area contributed by atoms with E-state index in [0.29, 0.717) is 27.5 Å². The van der Waals surface area contributed by atoms with Crippen molar-refractivity contribution in [3.8, 4) is 0 Å². The van der Waals surface area contributed by atoms with Crippen molar-refractivity contribution < 1.29 is 14.8 Å². The number of nitrogens with one attached hydrogen (secondary N) is 2. The maximum absolute atomic E-state index is 12.2. The first-order chi connectivity index (χ1) is 10.5. The lowest BCUT2D eigenvalue weighted by atomic mass is 10.0. The summed E-state index contributed by atoms with van der Waals surface area (Å²) in [6.07, 6.45) is 0.177. The number of hydrogen-bond acceptors (Lipinski definition) is 4. The van der Waals surface area contributed by atoms with Crippen molar-refractivity contribution in [2.75, 3.05) is 10.8 Å². The number of carbonyl (C=O) groups is 2. The first-order valence-corrected chi connectivity index (χ1v) is 6.97. The summed E-state index contributed by atoms with van der Waals surface area (Å²) in [5.41, 5.74) is 4.07. The molecule has 0 saturated carbocycles. The van der Waals surface area contributed by atoms with Gasteiger partial charge in [0, 0.05) is 23.9 Å². The largest absolute Gasteiger partial charge is 0.324 e. The lowest BCUT2D eigenvalue weighted by molar-refractivity contribution is -0.114. The van der Waals surface area contributed by atoms with Gasteiger partial charge in [0.1, 0.15) is 0 Å². The Morgan fingerprint density at radius 3 is 2.36 bits per heavy atom. The molecule has 1 amide bonds. The van der Waals surface area contributed by atoms with E-state index < -0.39 is 0 Å². The molecular formula is C16H15ClN2O3. The van der Waals surface area contributed by atoms with Crippen molar-refractivity contribution >= 4 is 34.7 Å². The Morgan fingerprint density at radius 2 is 1.77 bits per heavy atom. The zero-order valence-electron chi connectivity index (χ0n) is 11.9. The third kappa shape index (κ3) is 4.07. The van der Waals surface area contributed by atoms with Gasteiger partial charge in [0.2, 0.25) is 5.91 Å². The van der Waals surface area contributed by atoms with Gasteiger partial charge >= 0.3 is 0 Å². The van der Waals surface area contributed by atoms with Gasteiger partial charge in [-0.05, 0) is 42.0 Å². The minimum Gasteiger partial charge on any atom is -0.324 e. The highest BCUT2D eigenvalue weighted by molar-refractivity contribution is 6.30. The van der Waals surface area contributed by atoms with Crippen LogP contribution in [0.25, 0.3) is 0 Å². The predicted molar refractivity (Wildman–Crippen MR) is 85.6 cm³/mol. The Bertz CT molecular complexity index is 699. The van der Waals surface area contributed by atoms with Gasteiger partial charge in [-0.25, -0.2) is 0 Å². The average molecular weight is 319 g/mol. The van der Waals surface area contributed by atoms with Crippen molar-refractivity contribution in [2.24, 2.45) is 0 Å². The van der Waals surface area contributed by atoms with Crippen molar-refractivity contribution in [3.05, 3.63) is 58.6 Å². The van der Waals surface area contributed by atoms with E-state index in [4.69, 9.17) is 16.8 Å². The lowest BCUT2D eigenvalue weighted by Gasteiger charge is -2.10. The summed E-state index contributed by atoms with van der Waals surface area (Å²) in [6.45, 7) is 1.37.